The second-order valence-corrected chi connectivity index (χ2v) is 8.40. The van der Waals surface area contributed by atoms with Crippen LogP contribution in [0, 0.1) is 11.8 Å². The van der Waals surface area contributed by atoms with Crippen LogP contribution in [-0.2, 0) is 11.2 Å². The summed E-state index contributed by atoms with van der Waals surface area (Å²) in [5, 5.41) is 15.8. The maximum Gasteiger partial charge on any atom is 0.223 e. The molecule has 1 saturated carbocycles. The molecule has 1 amide bonds. The quantitative estimate of drug-likeness (QED) is 0.650. The number of benzene rings is 2. The molecule has 0 radical (unpaired) electrons. The van der Waals surface area contributed by atoms with Crippen molar-refractivity contribution in [3.05, 3.63) is 48.0 Å². The van der Waals surface area contributed by atoms with Gasteiger partial charge in [-0.25, -0.2) is 0 Å². The Balaban J connectivity index is 1.64. The van der Waals surface area contributed by atoms with Crippen LogP contribution in [0.25, 0.3) is 10.8 Å². The first kappa shape index (κ1) is 20.8. The fraction of sp³-hybridized carbons (Fsp3) is 0.542. The first-order valence-corrected chi connectivity index (χ1v) is 10.7. The number of hydrogen-bond acceptors (Lipinski definition) is 3. The molecule has 2 aromatic rings. The number of fused-ring (bicyclic) bond motifs is 1. The van der Waals surface area contributed by atoms with Crippen molar-refractivity contribution < 1.29 is 9.90 Å². The van der Waals surface area contributed by atoms with Crippen molar-refractivity contribution in [1.82, 2.24) is 5.32 Å². The second kappa shape index (κ2) is 10.0. The lowest BCUT2D eigenvalue weighted by atomic mass is 9.82. The Labute approximate surface area is 168 Å². The van der Waals surface area contributed by atoms with Crippen molar-refractivity contribution in [2.75, 3.05) is 7.05 Å². The molecular formula is C24H34N2O2. The molecule has 0 unspecified atom stereocenters. The molecule has 3 atom stereocenters. The molecule has 3 rings (SSSR count). The summed E-state index contributed by atoms with van der Waals surface area (Å²) in [4.78, 5) is 12.5. The molecule has 4 heteroatoms. The van der Waals surface area contributed by atoms with E-state index in [9.17, 15) is 9.90 Å². The van der Waals surface area contributed by atoms with Crippen LogP contribution in [0.15, 0.2) is 42.5 Å². The van der Waals surface area contributed by atoms with E-state index < -0.39 is 6.10 Å². The predicted molar refractivity (Wildman–Crippen MR) is 115 cm³/mol. The van der Waals surface area contributed by atoms with E-state index in [1.165, 1.54) is 42.9 Å². The molecule has 1 fully saturated rings. The van der Waals surface area contributed by atoms with Gasteiger partial charge < -0.3 is 16.2 Å². The maximum absolute atomic E-state index is 12.5. The number of nitrogens with one attached hydrogen (secondary N) is 1. The first-order valence-electron chi connectivity index (χ1n) is 10.7. The van der Waals surface area contributed by atoms with Gasteiger partial charge in [0.1, 0.15) is 0 Å². The van der Waals surface area contributed by atoms with Crippen LogP contribution in [0.1, 0.15) is 50.5 Å². The fourth-order valence-corrected chi connectivity index (χ4v) is 4.57. The lowest BCUT2D eigenvalue weighted by Crippen LogP contribution is -2.41. The summed E-state index contributed by atoms with van der Waals surface area (Å²) >= 11 is 0. The Morgan fingerprint density at radius 1 is 1.14 bits per heavy atom. The molecule has 0 heterocycles. The average molecular weight is 383 g/mol. The summed E-state index contributed by atoms with van der Waals surface area (Å²) in [6, 6.07) is 14.3. The van der Waals surface area contributed by atoms with Crippen molar-refractivity contribution in [3.63, 3.8) is 0 Å². The molecule has 4 N–H and O–H groups in total. The van der Waals surface area contributed by atoms with Gasteiger partial charge in [0.2, 0.25) is 5.91 Å². The van der Waals surface area contributed by atoms with Crippen molar-refractivity contribution >= 4 is 16.7 Å². The monoisotopic (exact) mass is 382 g/mol. The number of aliphatic hydroxyl groups excluding tert-OH is 1. The second-order valence-electron chi connectivity index (χ2n) is 8.40. The number of amides is 1. The largest absolute Gasteiger partial charge is 0.391 e. The Hall–Kier alpha value is -1.91. The third-order valence-electron chi connectivity index (χ3n) is 6.26. The summed E-state index contributed by atoms with van der Waals surface area (Å²) in [6.07, 6.45) is 7.53. The number of aliphatic hydroxyl groups is 1. The van der Waals surface area contributed by atoms with E-state index >= 15 is 0 Å². The van der Waals surface area contributed by atoms with E-state index in [2.05, 4.69) is 35.6 Å². The van der Waals surface area contributed by atoms with Gasteiger partial charge in [0.15, 0.2) is 0 Å². The number of carbonyl (C=O) groups excluding carboxylic acids is 1. The highest BCUT2D eigenvalue weighted by molar-refractivity contribution is 5.83. The Morgan fingerprint density at radius 3 is 2.57 bits per heavy atom. The molecule has 28 heavy (non-hydrogen) atoms. The van der Waals surface area contributed by atoms with Crippen molar-refractivity contribution in [2.45, 2.75) is 63.5 Å². The summed E-state index contributed by atoms with van der Waals surface area (Å²) in [6.45, 7) is 0. The highest BCUT2D eigenvalue weighted by Crippen LogP contribution is 2.28. The van der Waals surface area contributed by atoms with Gasteiger partial charge in [-0.15, -0.1) is 0 Å². The molecule has 4 nitrogen and oxygen atoms in total. The summed E-state index contributed by atoms with van der Waals surface area (Å²) in [5.74, 6) is 0.313. The van der Waals surface area contributed by atoms with E-state index in [1.54, 1.807) is 7.05 Å². The van der Waals surface area contributed by atoms with E-state index in [1.807, 2.05) is 12.1 Å². The van der Waals surface area contributed by atoms with E-state index in [0.717, 1.165) is 12.0 Å². The van der Waals surface area contributed by atoms with Gasteiger partial charge in [-0.05, 0) is 41.5 Å². The minimum Gasteiger partial charge on any atom is -0.391 e. The number of nitrogens with two attached hydrogens (primary N) is 1. The third kappa shape index (κ3) is 5.55. The van der Waals surface area contributed by atoms with E-state index in [4.69, 9.17) is 5.73 Å². The zero-order chi connectivity index (χ0) is 19.9. The third-order valence-corrected chi connectivity index (χ3v) is 6.26. The highest BCUT2D eigenvalue weighted by atomic mass is 16.3. The Bertz CT molecular complexity index is 770. The summed E-state index contributed by atoms with van der Waals surface area (Å²) < 4.78 is 0. The average Bonchev–Trinajstić information content (AvgIpc) is 2.73. The van der Waals surface area contributed by atoms with Gasteiger partial charge in [0.05, 0.1) is 6.10 Å². The molecule has 0 bridgehead atoms. The van der Waals surface area contributed by atoms with Crippen LogP contribution in [-0.4, -0.2) is 30.2 Å². The Morgan fingerprint density at radius 2 is 1.86 bits per heavy atom. The number of rotatable bonds is 8. The molecule has 152 valence electrons. The van der Waals surface area contributed by atoms with Gasteiger partial charge >= 0.3 is 0 Å². The molecular weight excluding hydrogens is 348 g/mol. The molecule has 0 aromatic heterocycles. The van der Waals surface area contributed by atoms with E-state index in [-0.39, 0.29) is 17.9 Å². The molecule has 0 spiro atoms. The smallest absolute Gasteiger partial charge is 0.223 e. The zero-order valence-electron chi connectivity index (χ0n) is 16.9. The van der Waals surface area contributed by atoms with Crippen molar-refractivity contribution in [3.8, 4) is 0 Å². The summed E-state index contributed by atoms with van der Waals surface area (Å²) in [5.41, 5.74) is 7.44. The van der Waals surface area contributed by atoms with Gasteiger partial charge in [-0.3, -0.25) is 4.79 Å². The Kier molecular flexibility index (Phi) is 7.46. The zero-order valence-corrected chi connectivity index (χ0v) is 16.9. The summed E-state index contributed by atoms with van der Waals surface area (Å²) in [7, 11) is 1.66. The van der Waals surface area contributed by atoms with Gasteiger partial charge in [0.25, 0.3) is 0 Å². The molecule has 0 saturated heterocycles. The van der Waals surface area contributed by atoms with Crippen LogP contribution < -0.4 is 11.1 Å². The van der Waals surface area contributed by atoms with Gasteiger partial charge in [0, 0.05) is 19.0 Å². The van der Waals surface area contributed by atoms with Crippen LogP contribution >= 0.6 is 0 Å². The molecule has 1 aliphatic carbocycles. The standard InChI is InChI=1S/C24H34N2O2/c1-26-24(28)21(14-18-11-12-19-9-5-6-10-20(19)13-18)16-23(27)22(25)15-17-7-3-2-4-8-17/h5-6,9-13,17,21-23,27H,2-4,7-8,14-16,25H2,1H3,(H,26,28)/t21-,22+,23+/m1/s1. The predicted octanol–water partition coefficient (Wildman–Crippen LogP) is 3.79. The minimum atomic E-state index is -0.648. The lowest BCUT2D eigenvalue weighted by Gasteiger charge is -2.28. The van der Waals surface area contributed by atoms with Gasteiger partial charge in [-0.2, -0.15) is 0 Å². The molecule has 2 aromatic carbocycles. The number of hydrogen-bond donors (Lipinski definition) is 3. The maximum atomic E-state index is 12.5. The first-order chi connectivity index (χ1) is 13.6. The van der Waals surface area contributed by atoms with Crippen molar-refractivity contribution in [1.29, 1.82) is 0 Å². The normalized spacial score (nSPS) is 18.5. The fourth-order valence-electron chi connectivity index (χ4n) is 4.57. The van der Waals surface area contributed by atoms with Crippen LogP contribution in [0.5, 0.6) is 0 Å². The number of carbonyl (C=O) groups is 1. The topological polar surface area (TPSA) is 75.3 Å². The van der Waals surface area contributed by atoms with Crippen LogP contribution in [0.2, 0.25) is 0 Å². The lowest BCUT2D eigenvalue weighted by molar-refractivity contribution is -0.125. The SMILES string of the molecule is CNC(=O)[C@H](Cc1ccc2ccccc2c1)C[C@H](O)[C@@H](N)CC1CCCCC1. The molecule has 0 aliphatic heterocycles. The highest BCUT2D eigenvalue weighted by Gasteiger charge is 2.27. The van der Waals surface area contributed by atoms with Gasteiger partial charge in [-0.1, -0.05) is 74.6 Å². The minimum absolute atomic E-state index is 0.0305. The van der Waals surface area contributed by atoms with E-state index in [0.29, 0.717) is 18.8 Å². The van der Waals surface area contributed by atoms with Crippen molar-refractivity contribution in [2.24, 2.45) is 17.6 Å². The molecule has 1 aliphatic rings. The van der Waals surface area contributed by atoms with Crippen LogP contribution in [0.4, 0.5) is 0 Å². The van der Waals surface area contributed by atoms with Crippen LogP contribution in [0.3, 0.4) is 0 Å².